The van der Waals surface area contributed by atoms with E-state index in [2.05, 4.69) is 5.32 Å². The smallest absolute Gasteiger partial charge is 0.246 e. The Morgan fingerprint density at radius 3 is 2.27 bits per heavy atom. The molecule has 0 spiro atoms. The van der Waals surface area contributed by atoms with Gasteiger partial charge in [0.2, 0.25) is 11.8 Å². The van der Waals surface area contributed by atoms with Crippen molar-refractivity contribution in [3.8, 4) is 0 Å². The summed E-state index contributed by atoms with van der Waals surface area (Å²) in [6.45, 7) is 7.89. The van der Waals surface area contributed by atoms with E-state index in [1.165, 1.54) is 0 Å². The number of carbonyl (C=O) groups is 2. The molecule has 122 valence electrons. The molecule has 0 aromatic heterocycles. The van der Waals surface area contributed by atoms with Crippen LogP contribution in [0, 0.1) is 5.92 Å². The highest BCUT2D eigenvalue weighted by Crippen LogP contribution is 2.13. The number of nitrogens with two attached hydrogens (primary N) is 1. The summed E-state index contributed by atoms with van der Waals surface area (Å²) in [7, 11) is 0. The lowest BCUT2D eigenvalue weighted by atomic mass is 10.0. The molecule has 3 N–H and O–H groups in total. The van der Waals surface area contributed by atoms with Crippen LogP contribution in [0.5, 0.6) is 0 Å². The summed E-state index contributed by atoms with van der Waals surface area (Å²) in [5, 5.41) is 2.84. The molecular weight excluding hydrogens is 278 g/mol. The Kier molecular flexibility index (Phi) is 7.05. The van der Waals surface area contributed by atoms with Crippen LogP contribution in [0.15, 0.2) is 30.3 Å². The van der Waals surface area contributed by atoms with Gasteiger partial charge in [-0.3, -0.25) is 9.59 Å². The Labute approximate surface area is 132 Å². The Morgan fingerprint density at radius 2 is 1.77 bits per heavy atom. The fourth-order valence-electron chi connectivity index (χ4n) is 2.13. The Morgan fingerprint density at radius 1 is 1.18 bits per heavy atom. The molecule has 0 bridgehead atoms. The van der Waals surface area contributed by atoms with Crippen molar-refractivity contribution < 1.29 is 9.59 Å². The van der Waals surface area contributed by atoms with Crippen molar-refractivity contribution >= 4 is 17.5 Å². The van der Waals surface area contributed by atoms with Crippen LogP contribution in [-0.4, -0.2) is 35.3 Å². The second-order valence-electron chi connectivity index (χ2n) is 5.71. The molecule has 3 atom stereocenters. The monoisotopic (exact) mass is 305 g/mol. The van der Waals surface area contributed by atoms with E-state index in [0.717, 1.165) is 12.1 Å². The van der Waals surface area contributed by atoms with E-state index >= 15 is 0 Å². The molecule has 0 heterocycles. The molecule has 3 unspecified atom stereocenters. The molecule has 0 aliphatic rings. The fraction of sp³-hybridized carbons (Fsp3) is 0.529. The van der Waals surface area contributed by atoms with Gasteiger partial charge in [0.25, 0.3) is 0 Å². The number of amides is 2. The molecule has 2 amide bonds. The van der Waals surface area contributed by atoms with E-state index in [0.29, 0.717) is 6.54 Å². The van der Waals surface area contributed by atoms with Gasteiger partial charge in [-0.2, -0.15) is 0 Å². The van der Waals surface area contributed by atoms with Crippen molar-refractivity contribution in [2.45, 2.75) is 46.2 Å². The van der Waals surface area contributed by atoms with Crippen LogP contribution < -0.4 is 11.1 Å². The molecule has 5 heteroatoms. The van der Waals surface area contributed by atoms with E-state index in [-0.39, 0.29) is 23.8 Å². The lowest BCUT2D eigenvalue weighted by Gasteiger charge is -2.31. The first-order valence-corrected chi connectivity index (χ1v) is 7.80. The van der Waals surface area contributed by atoms with Gasteiger partial charge in [-0.1, -0.05) is 32.0 Å². The Hall–Kier alpha value is -1.88. The first-order valence-electron chi connectivity index (χ1n) is 7.80. The van der Waals surface area contributed by atoms with E-state index in [1.54, 1.807) is 25.7 Å². The summed E-state index contributed by atoms with van der Waals surface area (Å²) < 4.78 is 0. The summed E-state index contributed by atoms with van der Waals surface area (Å²) >= 11 is 0. The number of carbonyl (C=O) groups excluding carboxylic acids is 2. The number of anilines is 1. The number of benzene rings is 1. The van der Waals surface area contributed by atoms with Gasteiger partial charge >= 0.3 is 0 Å². The molecule has 0 aliphatic heterocycles. The van der Waals surface area contributed by atoms with E-state index in [1.807, 2.05) is 37.3 Å². The molecule has 0 saturated carbocycles. The predicted molar refractivity (Wildman–Crippen MR) is 89.4 cm³/mol. The molecule has 0 saturated heterocycles. The number of nitrogens with one attached hydrogen (secondary N) is 1. The average molecular weight is 305 g/mol. The van der Waals surface area contributed by atoms with Gasteiger partial charge in [0.15, 0.2) is 0 Å². The van der Waals surface area contributed by atoms with Gasteiger partial charge in [0, 0.05) is 18.3 Å². The van der Waals surface area contributed by atoms with Crippen molar-refractivity contribution in [1.82, 2.24) is 4.90 Å². The van der Waals surface area contributed by atoms with Crippen molar-refractivity contribution in [1.29, 1.82) is 0 Å². The lowest BCUT2D eigenvalue weighted by molar-refractivity contribution is -0.141. The first-order chi connectivity index (χ1) is 10.4. The summed E-state index contributed by atoms with van der Waals surface area (Å²) in [6.07, 6.45) is 0.792. The third-order valence-electron chi connectivity index (χ3n) is 3.81. The van der Waals surface area contributed by atoms with Crippen LogP contribution in [0.3, 0.4) is 0 Å². The maximum absolute atomic E-state index is 12.5. The molecule has 0 radical (unpaired) electrons. The number of nitrogens with zero attached hydrogens (tertiary/aromatic N) is 1. The SMILES string of the molecule is CCCN(C(=O)C(C)C(C)N)C(C)C(=O)Nc1ccccc1. The van der Waals surface area contributed by atoms with Crippen LogP contribution >= 0.6 is 0 Å². The fourth-order valence-corrected chi connectivity index (χ4v) is 2.13. The van der Waals surface area contributed by atoms with Gasteiger partial charge in [-0.15, -0.1) is 0 Å². The summed E-state index contributed by atoms with van der Waals surface area (Å²) in [5.41, 5.74) is 6.55. The highest BCUT2D eigenvalue weighted by atomic mass is 16.2. The molecule has 0 fully saturated rings. The zero-order valence-electron chi connectivity index (χ0n) is 13.9. The first kappa shape index (κ1) is 18.2. The van der Waals surface area contributed by atoms with E-state index < -0.39 is 6.04 Å². The van der Waals surface area contributed by atoms with E-state index in [4.69, 9.17) is 5.73 Å². The van der Waals surface area contributed by atoms with E-state index in [9.17, 15) is 9.59 Å². The number of rotatable bonds is 7. The van der Waals surface area contributed by atoms with Crippen molar-refractivity contribution in [2.75, 3.05) is 11.9 Å². The third kappa shape index (κ3) is 4.84. The number of para-hydroxylation sites is 1. The maximum Gasteiger partial charge on any atom is 0.246 e. The molecule has 5 nitrogen and oxygen atoms in total. The Bertz CT molecular complexity index is 488. The van der Waals surface area contributed by atoms with Crippen LogP contribution in [0.4, 0.5) is 5.69 Å². The highest BCUT2D eigenvalue weighted by Gasteiger charge is 2.29. The summed E-state index contributed by atoms with van der Waals surface area (Å²) in [5.74, 6) is -0.573. The minimum atomic E-state index is -0.533. The van der Waals surface area contributed by atoms with Gasteiger partial charge in [0.1, 0.15) is 6.04 Å². The zero-order valence-corrected chi connectivity index (χ0v) is 13.9. The topological polar surface area (TPSA) is 75.4 Å². The number of hydrogen-bond donors (Lipinski definition) is 2. The molecule has 0 aliphatic carbocycles. The molecule has 1 aromatic rings. The summed E-state index contributed by atoms with van der Waals surface area (Å²) in [4.78, 5) is 26.5. The lowest BCUT2D eigenvalue weighted by Crippen LogP contribution is -2.50. The summed E-state index contributed by atoms with van der Waals surface area (Å²) in [6, 6.07) is 8.46. The predicted octanol–water partition coefficient (Wildman–Crippen LogP) is 2.24. The van der Waals surface area contributed by atoms with Crippen LogP contribution in [0.1, 0.15) is 34.1 Å². The minimum absolute atomic E-state index is 0.0763. The third-order valence-corrected chi connectivity index (χ3v) is 3.81. The zero-order chi connectivity index (χ0) is 16.7. The van der Waals surface area contributed by atoms with Crippen LogP contribution in [0.2, 0.25) is 0 Å². The van der Waals surface area contributed by atoms with Gasteiger partial charge in [-0.25, -0.2) is 0 Å². The Balaban J connectivity index is 2.81. The number of hydrogen-bond acceptors (Lipinski definition) is 3. The second-order valence-corrected chi connectivity index (χ2v) is 5.71. The average Bonchev–Trinajstić information content (AvgIpc) is 2.51. The van der Waals surface area contributed by atoms with Crippen LogP contribution in [0.25, 0.3) is 0 Å². The molecular formula is C17H27N3O2. The van der Waals surface area contributed by atoms with Crippen molar-refractivity contribution in [2.24, 2.45) is 11.7 Å². The van der Waals surface area contributed by atoms with Crippen LogP contribution in [-0.2, 0) is 9.59 Å². The molecule has 1 aromatic carbocycles. The van der Waals surface area contributed by atoms with Crippen molar-refractivity contribution in [3.63, 3.8) is 0 Å². The highest BCUT2D eigenvalue weighted by molar-refractivity contribution is 5.97. The van der Waals surface area contributed by atoms with Gasteiger partial charge < -0.3 is 16.0 Å². The normalized spacial score (nSPS) is 14.8. The quantitative estimate of drug-likeness (QED) is 0.811. The largest absolute Gasteiger partial charge is 0.331 e. The molecule has 22 heavy (non-hydrogen) atoms. The molecule has 1 rings (SSSR count). The maximum atomic E-state index is 12.5. The van der Waals surface area contributed by atoms with Gasteiger partial charge in [0.05, 0.1) is 5.92 Å². The second kappa shape index (κ2) is 8.54. The van der Waals surface area contributed by atoms with Crippen molar-refractivity contribution in [3.05, 3.63) is 30.3 Å². The standard InChI is InChI=1S/C17H27N3O2/c1-5-11-20(17(22)12(2)13(3)18)14(4)16(21)19-15-9-7-6-8-10-15/h6-10,12-14H,5,11,18H2,1-4H3,(H,19,21). The minimum Gasteiger partial charge on any atom is -0.331 e. The van der Waals surface area contributed by atoms with Gasteiger partial charge in [-0.05, 0) is 32.4 Å².